The standard InChI is InChI=1S/C12H13N3O3/c1-8-4-10(3-2-9(8)5-13)14-6-11(16)15-7-12(17)18/h2-4,14H,6-7H2,1H3,(H,15,16)(H,17,18). The average Bonchev–Trinajstić information content (AvgIpc) is 2.34. The second-order valence-corrected chi connectivity index (χ2v) is 3.67. The van der Waals surface area contributed by atoms with Gasteiger partial charge in [0, 0.05) is 5.69 Å². The highest BCUT2D eigenvalue weighted by Crippen LogP contribution is 2.13. The van der Waals surface area contributed by atoms with Crippen molar-refractivity contribution in [1.29, 1.82) is 5.26 Å². The summed E-state index contributed by atoms with van der Waals surface area (Å²) in [5, 5.41) is 22.2. The zero-order valence-corrected chi connectivity index (χ0v) is 9.86. The molecule has 6 heteroatoms. The predicted molar refractivity (Wildman–Crippen MR) is 65.0 cm³/mol. The SMILES string of the molecule is Cc1cc(NCC(=O)NCC(=O)O)ccc1C#N. The van der Waals surface area contributed by atoms with Crippen LogP contribution in [0.3, 0.4) is 0 Å². The minimum atomic E-state index is -1.09. The first kappa shape index (κ1) is 13.5. The lowest BCUT2D eigenvalue weighted by Crippen LogP contribution is -2.33. The topological polar surface area (TPSA) is 102 Å². The Labute approximate surface area is 104 Å². The lowest BCUT2D eigenvalue weighted by atomic mass is 10.1. The van der Waals surface area contributed by atoms with Gasteiger partial charge < -0.3 is 15.7 Å². The van der Waals surface area contributed by atoms with Crippen molar-refractivity contribution in [3.8, 4) is 6.07 Å². The Morgan fingerprint density at radius 3 is 2.67 bits per heavy atom. The lowest BCUT2D eigenvalue weighted by Gasteiger charge is -2.07. The highest BCUT2D eigenvalue weighted by molar-refractivity contribution is 5.84. The summed E-state index contributed by atoms with van der Waals surface area (Å²) in [6.07, 6.45) is 0. The molecule has 0 aromatic heterocycles. The van der Waals surface area contributed by atoms with Gasteiger partial charge in [0.05, 0.1) is 18.2 Å². The minimum Gasteiger partial charge on any atom is -0.480 e. The third-order valence-electron chi connectivity index (χ3n) is 2.24. The van der Waals surface area contributed by atoms with Gasteiger partial charge in [-0.3, -0.25) is 9.59 Å². The number of carbonyl (C=O) groups is 2. The van der Waals surface area contributed by atoms with Gasteiger partial charge in [0.2, 0.25) is 5.91 Å². The van der Waals surface area contributed by atoms with Crippen LogP contribution in [0.15, 0.2) is 18.2 Å². The summed E-state index contributed by atoms with van der Waals surface area (Å²) in [6, 6.07) is 7.15. The number of amides is 1. The summed E-state index contributed by atoms with van der Waals surface area (Å²) in [5.41, 5.74) is 2.10. The molecule has 0 spiro atoms. The van der Waals surface area contributed by atoms with Crippen LogP contribution in [0.5, 0.6) is 0 Å². The molecule has 1 aromatic rings. The number of anilines is 1. The third-order valence-corrected chi connectivity index (χ3v) is 2.24. The molecule has 0 atom stereocenters. The van der Waals surface area contributed by atoms with Crippen LogP contribution in [0.25, 0.3) is 0 Å². The van der Waals surface area contributed by atoms with Crippen LogP contribution in [-0.4, -0.2) is 30.1 Å². The van der Waals surface area contributed by atoms with Crippen LogP contribution in [0.1, 0.15) is 11.1 Å². The summed E-state index contributed by atoms with van der Waals surface area (Å²) in [4.78, 5) is 21.5. The summed E-state index contributed by atoms with van der Waals surface area (Å²) >= 11 is 0. The molecule has 0 aliphatic carbocycles. The smallest absolute Gasteiger partial charge is 0.322 e. The van der Waals surface area contributed by atoms with Gasteiger partial charge in [-0.05, 0) is 30.7 Å². The van der Waals surface area contributed by atoms with Crippen molar-refractivity contribution < 1.29 is 14.7 Å². The number of aryl methyl sites for hydroxylation is 1. The van der Waals surface area contributed by atoms with Gasteiger partial charge in [0.25, 0.3) is 0 Å². The molecule has 0 aliphatic rings. The van der Waals surface area contributed by atoms with Crippen molar-refractivity contribution in [2.45, 2.75) is 6.92 Å². The molecule has 1 rings (SSSR count). The molecule has 0 radical (unpaired) electrons. The maximum atomic E-state index is 11.2. The zero-order valence-electron chi connectivity index (χ0n) is 9.86. The molecule has 18 heavy (non-hydrogen) atoms. The minimum absolute atomic E-state index is 0.0153. The maximum Gasteiger partial charge on any atom is 0.322 e. The number of benzene rings is 1. The van der Waals surface area contributed by atoms with E-state index < -0.39 is 18.4 Å². The molecule has 0 saturated heterocycles. The molecule has 0 bridgehead atoms. The second kappa shape index (κ2) is 6.25. The first-order valence-corrected chi connectivity index (χ1v) is 5.26. The normalized spacial score (nSPS) is 9.33. The van der Waals surface area contributed by atoms with Gasteiger partial charge in [0.1, 0.15) is 6.54 Å². The molecule has 0 aliphatic heterocycles. The molecule has 0 unspecified atom stereocenters. The van der Waals surface area contributed by atoms with E-state index in [4.69, 9.17) is 10.4 Å². The summed E-state index contributed by atoms with van der Waals surface area (Å²) in [6.45, 7) is 1.39. The van der Waals surface area contributed by atoms with Crippen LogP contribution < -0.4 is 10.6 Å². The number of carbonyl (C=O) groups excluding carboxylic acids is 1. The molecule has 0 saturated carbocycles. The van der Waals surface area contributed by atoms with E-state index in [1.807, 2.05) is 6.07 Å². The van der Waals surface area contributed by atoms with E-state index in [1.54, 1.807) is 25.1 Å². The Bertz CT molecular complexity index is 506. The van der Waals surface area contributed by atoms with Crippen LogP contribution in [0.2, 0.25) is 0 Å². The van der Waals surface area contributed by atoms with Crippen LogP contribution in [-0.2, 0) is 9.59 Å². The highest BCUT2D eigenvalue weighted by Gasteiger charge is 2.04. The number of hydrogen-bond acceptors (Lipinski definition) is 4. The monoisotopic (exact) mass is 247 g/mol. The van der Waals surface area contributed by atoms with Crippen molar-refractivity contribution in [1.82, 2.24) is 5.32 Å². The zero-order chi connectivity index (χ0) is 13.5. The number of carboxylic acids is 1. The Morgan fingerprint density at radius 2 is 2.11 bits per heavy atom. The molecular formula is C12H13N3O3. The molecule has 1 amide bonds. The van der Waals surface area contributed by atoms with E-state index in [0.717, 1.165) is 5.56 Å². The fourth-order valence-corrected chi connectivity index (χ4v) is 1.32. The number of nitriles is 1. The van der Waals surface area contributed by atoms with E-state index in [9.17, 15) is 9.59 Å². The summed E-state index contributed by atoms with van der Waals surface area (Å²) in [7, 11) is 0. The first-order chi connectivity index (χ1) is 8.52. The first-order valence-electron chi connectivity index (χ1n) is 5.26. The van der Waals surface area contributed by atoms with E-state index in [-0.39, 0.29) is 6.54 Å². The van der Waals surface area contributed by atoms with Crippen LogP contribution in [0, 0.1) is 18.3 Å². The fourth-order valence-electron chi connectivity index (χ4n) is 1.32. The fraction of sp³-hybridized carbons (Fsp3) is 0.250. The van der Waals surface area contributed by atoms with E-state index in [1.165, 1.54) is 0 Å². The van der Waals surface area contributed by atoms with Gasteiger partial charge in [-0.15, -0.1) is 0 Å². The van der Waals surface area contributed by atoms with Crippen LogP contribution >= 0.6 is 0 Å². The number of nitrogens with zero attached hydrogens (tertiary/aromatic N) is 1. The van der Waals surface area contributed by atoms with Crippen LogP contribution in [0.4, 0.5) is 5.69 Å². The molecule has 3 N–H and O–H groups in total. The number of rotatable bonds is 5. The number of aliphatic carboxylic acids is 1. The van der Waals surface area contributed by atoms with Gasteiger partial charge in [0.15, 0.2) is 0 Å². The molecule has 0 fully saturated rings. The van der Waals surface area contributed by atoms with Crippen molar-refractivity contribution >= 4 is 17.6 Å². The lowest BCUT2D eigenvalue weighted by molar-refractivity contribution is -0.137. The Kier molecular flexibility index (Phi) is 4.69. The maximum absolute atomic E-state index is 11.2. The van der Waals surface area contributed by atoms with Gasteiger partial charge in [-0.1, -0.05) is 0 Å². The van der Waals surface area contributed by atoms with E-state index in [0.29, 0.717) is 11.3 Å². The predicted octanol–water partition coefficient (Wildman–Crippen LogP) is 0.479. The molecule has 6 nitrogen and oxygen atoms in total. The molecular weight excluding hydrogens is 234 g/mol. The Morgan fingerprint density at radius 1 is 1.39 bits per heavy atom. The molecule has 0 heterocycles. The number of hydrogen-bond donors (Lipinski definition) is 3. The largest absolute Gasteiger partial charge is 0.480 e. The number of nitrogens with one attached hydrogen (secondary N) is 2. The highest BCUT2D eigenvalue weighted by atomic mass is 16.4. The van der Waals surface area contributed by atoms with E-state index in [2.05, 4.69) is 10.6 Å². The Hall–Kier alpha value is -2.55. The van der Waals surface area contributed by atoms with Gasteiger partial charge >= 0.3 is 5.97 Å². The van der Waals surface area contributed by atoms with Crippen molar-refractivity contribution in [3.05, 3.63) is 29.3 Å². The number of carboxylic acid groups (broad SMARTS) is 1. The summed E-state index contributed by atoms with van der Waals surface area (Å²) in [5.74, 6) is -1.49. The van der Waals surface area contributed by atoms with Crippen molar-refractivity contribution in [2.75, 3.05) is 18.4 Å². The van der Waals surface area contributed by atoms with E-state index >= 15 is 0 Å². The quantitative estimate of drug-likeness (QED) is 0.702. The Balaban J connectivity index is 2.49. The van der Waals surface area contributed by atoms with Crippen molar-refractivity contribution in [2.24, 2.45) is 0 Å². The second-order valence-electron chi connectivity index (χ2n) is 3.67. The van der Waals surface area contributed by atoms with Gasteiger partial charge in [-0.2, -0.15) is 5.26 Å². The van der Waals surface area contributed by atoms with Gasteiger partial charge in [-0.25, -0.2) is 0 Å². The molecule has 1 aromatic carbocycles. The van der Waals surface area contributed by atoms with Crippen molar-refractivity contribution in [3.63, 3.8) is 0 Å². The third kappa shape index (κ3) is 4.14. The molecule has 94 valence electrons. The summed E-state index contributed by atoms with van der Waals surface area (Å²) < 4.78 is 0. The average molecular weight is 247 g/mol.